The van der Waals surface area contributed by atoms with Crippen LogP contribution in [0.4, 0.5) is 17.1 Å². The van der Waals surface area contributed by atoms with Gasteiger partial charge in [-0.05, 0) is 75.0 Å². The van der Waals surface area contributed by atoms with E-state index in [0.29, 0.717) is 0 Å². The van der Waals surface area contributed by atoms with E-state index < -0.39 is 0 Å². The number of nitrogens with zero attached hydrogens (tertiary/aromatic N) is 1. The van der Waals surface area contributed by atoms with Crippen LogP contribution in [-0.4, -0.2) is 0 Å². The number of hydrogen-bond donors (Lipinski definition) is 1. The molecule has 0 saturated heterocycles. The summed E-state index contributed by atoms with van der Waals surface area (Å²) < 4.78 is 0. The summed E-state index contributed by atoms with van der Waals surface area (Å²) in [6, 6.07) is 45.8. The van der Waals surface area contributed by atoms with E-state index >= 15 is 0 Å². The van der Waals surface area contributed by atoms with E-state index in [1.54, 1.807) is 0 Å². The van der Waals surface area contributed by atoms with Gasteiger partial charge in [0.05, 0.1) is 11.4 Å². The first-order valence-electron chi connectivity index (χ1n) is 12.5. The summed E-state index contributed by atoms with van der Waals surface area (Å²) in [6.07, 6.45) is 0.0327. The Hall–Kier alpha value is -4.56. The molecule has 6 aromatic carbocycles. The van der Waals surface area contributed by atoms with Crippen molar-refractivity contribution >= 4 is 38.6 Å². The summed E-state index contributed by atoms with van der Waals surface area (Å²) >= 11 is 0. The lowest BCUT2D eigenvalue weighted by Crippen LogP contribution is -2.23. The first kappa shape index (κ1) is 20.8. The van der Waals surface area contributed by atoms with Crippen molar-refractivity contribution in [1.29, 1.82) is 0 Å². The average Bonchev–Trinajstić information content (AvgIpc) is 3.34. The number of fused-ring (bicyclic) bond motifs is 3. The fraction of sp³-hybridized carbons (Fsp3) is 0.0588. The van der Waals surface area contributed by atoms with Crippen molar-refractivity contribution in [2.45, 2.75) is 13.1 Å². The van der Waals surface area contributed by atoms with Crippen molar-refractivity contribution in [2.24, 2.45) is 0 Å². The summed E-state index contributed by atoms with van der Waals surface area (Å²) in [6.45, 7) is 2.24. The Labute approximate surface area is 211 Å². The summed E-state index contributed by atoms with van der Waals surface area (Å²) in [7, 11) is 0. The smallest absolute Gasteiger partial charge is 0.130 e. The average molecular weight is 463 g/mol. The molecule has 1 atom stereocenters. The lowest BCUT2D eigenvalue weighted by atomic mass is 9.88. The first-order chi connectivity index (χ1) is 17.8. The second-order valence-corrected chi connectivity index (χ2v) is 9.48. The number of nitrogens with one attached hydrogen (secondary N) is 1. The molecule has 1 aliphatic rings. The molecule has 1 unspecified atom stereocenters. The second-order valence-electron chi connectivity index (χ2n) is 9.48. The van der Waals surface area contributed by atoms with Crippen LogP contribution in [0.2, 0.25) is 0 Å². The van der Waals surface area contributed by atoms with Crippen molar-refractivity contribution in [2.75, 3.05) is 10.2 Å². The summed E-state index contributed by atoms with van der Waals surface area (Å²) in [5.41, 5.74) is 8.67. The summed E-state index contributed by atoms with van der Waals surface area (Å²) in [4.78, 5) is 2.39. The monoisotopic (exact) mass is 462 g/mol. The highest BCUT2D eigenvalue weighted by Crippen LogP contribution is 2.46. The van der Waals surface area contributed by atoms with E-state index in [4.69, 9.17) is 0 Å². The van der Waals surface area contributed by atoms with E-state index in [9.17, 15) is 0 Å². The topological polar surface area (TPSA) is 15.3 Å². The SMILES string of the molecule is Cc1c2ccccc2c(-c2ccc(C3Nc4ccccc4N3c3ccccc3)cc2)c2ccccc12. The predicted molar refractivity (Wildman–Crippen MR) is 153 cm³/mol. The van der Waals surface area contributed by atoms with Crippen LogP contribution in [0.15, 0.2) is 127 Å². The first-order valence-corrected chi connectivity index (χ1v) is 12.5. The standard InChI is InChI=1S/C34H26N2/c1-23-27-13-5-7-15-29(27)33(30-16-8-6-14-28(23)30)24-19-21-25(22-20-24)34-35-31-17-9-10-18-32(31)36(34)26-11-3-2-4-12-26/h2-22,34-35H,1H3. The van der Waals surface area contributed by atoms with Gasteiger partial charge in [-0.15, -0.1) is 0 Å². The molecule has 7 rings (SSSR count). The zero-order valence-corrected chi connectivity index (χ0v) is 20.1. The van der Waals surface area contributed by atoms with Gasteiger partial charge in [0.15, 0.2) is 0 Å². The lowest BCUT2D eigenvalue weighted by Gasteiger charge is -2.27. The highest BCUT2D eigenvalue weighted by Gasteiger charge is 2.30. The molecule has 6 aromatic rings. The number of benzene rings is 6. The van der Waals surface area contributed by atoms with Crippen LogP contribution >= 0.6 is 0 Å². The van der Waals surface area contributed by atoms with E-state index in [2.05, 4.69) is 145 Å². The third kappa shape index (κ3) is 3.19. The van der Waals surface area contributed by atoms with Gasteiger partial charge in [-0.1, -0.05) is 103 Å². The highest BCUT2D eigenvalue weighted by atomic mass is 15.3. The summed E-state index contributed by atoms with van der Waals surface area (Å²) in [5, 5.41) is 9.00. The molecule has 0 bridgehead atoms. The molecule has 0 saturated carbocycles. The zero-order chi connectivity index (χ0) is 24.1. The van der Waals surface area contributed by atoms with Crippen LogP contribution in [0.1, 0.15) is 17.3 Å². The van der Waals surface area contributed by atoms with Gasteiger partial charge >= 0.3 is 0 Å². The molecule has 1 N–H and O–H groups in total. The molecular formula is C34H26N2. The molecule has 1 heterocycles. The molecule has 1 aliphatic heterocycles. The Bertz CT molecular complexity index is 1660. The molecular weight excluding hydrogens is 436 g/mol. The largest absolute Gasteiger partial charge is 0.359 e. The van der Waals surface area contributed by atoms with Crippen molar-refractivity contribution in [1.82, 2.24) is 0 Å². The van der Waals surface area contributed by atoms with E-state index in [1.807, 2.05) is 0 Å². The Kier molecular flexibility index (Phi) is 4.78. The molecule has 0 spiro atoms. The van der Waals surface area contributed by atoms with Crippen LogP contribution < -0.4 is 10.2 Å². The van der Waals surface area contributed by atoms with Crippen LogP contribution in [0.3, 0.4) is 0 Å². The van der Waals surface area contributed by atoms with Crippen molar-refractivity contribution in [3.8, 4) is 11.1 Å². The van der Waals surface area contributed by atoms with Gasteiger partial charge < -0.3 is 10.2 Å². The molecule has 0 aliphatic carbocycles. The molecule has 2 nitrogen and oxygen atoms in total. The van der Waals surface area contributed by atoms with Crippen LogP contribution in [0.5, 0.6) is 0 Å². The maximum absolute atomic E-state index is 3.75. The third-order valence-electron chi connectivity index (χ3n) is 7.46. The van der Waals surface area contributed by atoms with Gasteiger partial charge in [-0.2, -0.15) is 0 Å². The van der Waals surface area contributed by atoms with Gasteiger partial charge in [0.2, 0.25) is 0 Å². The Morgan fingerprint density at radius 3 is 1.78 bits per heavy atom. The number of rotatable bonds is 3. The maximum atomic E-state index is 3.75. The Morgan fingerprint density at radius 2 is 1.11 bits per heavy atom. The quantitative estimate of drug-likeness (QED) is 0.264. The van der Waals surface area contributed by atoms with E-state index in [1.165, 1.54) is 55.2 Å². The van der Waals surface area contributed by atoms with E-state index in [0.717, 1.165) is 5.69 Å². The van der Waals surface area contributed by atoms with Gasteiger partial charge in [-0.3, -0.25) is 0 Å². The van der Waals surface area contributed by atoms with Gasteiger partial charge in [-0.25, -0.2) is 0 Å². The van der Waals surface area contributed by atoms with Crippen molar-refractivity contribution in [3.63, 3.8) is 0 Å². The van der Waals surface area contributed by atoms with Crippen LogP contribution in [0.25, 0.3) is 32.7 Å². The van der Waals surface area contributed by atoms with Gasteiger partial charge in [0.1, 0.15) is 6.17 Å². The summed E-state index contributed by atoms with van der Waals surface area (Å²) in [5.74, 6) is 0. The molecule has 0 amide bonds. The van der Waals surface area contributed by atoms with Gasteiger partial charge in [0, 0.05) is 5.69 Å². The molecule has 0 radical (unpaired) electrons. The maximum Gasteiger partial charge on any atom is 0.130 e. The predicted octanol–water partition coefficient (Wildman–Crippen LogP) is 9.23. The van der Waals surface area contributed by atoms with Gasteiger partial charge in [0.25, 0.3) is 0 Å². The van der Waals surface area contributed by atoms with Crippen molar-refractivity contribution in [3.05, 3.63) is 139 Å². The number of aryl methyl sites for hydroxylation is 1. The normalized spacial score (nSPS) is 14.7. The molecule has 2 heteroatoms. The number of para-hydroxylation sites is 3. The number of anilines is 3. The fourth-order valence-corrected chi connectivity index (χ4v) is 5.76. The molecule has 36 heavy (non-hydrogen) atoms. The minimum absolute atomic E-state index is 0.0327. The van der Waals surface area contributed by atoms with Crippen LogP contribution in [-0.2, 0) is 0 Å². The van der Waals surface area contributed by atoms with E-state index in [-0.39, 0.29) is 6.17 Å². The van der Waals surface area contributed by atoms with Crippen LogP contribution in [0, 0.1) is 6.92 Å². The fourth-order valence-electron chi connectivity index (χ4n) is 5.76. The third-order valence-corrected chi connectivity index (χ3v) is 7.46. The Morgan fingerprint density at radius 1 is 0.556 bits per heavy atom. The molecule has 0 fully saturated rings. The number of hydrogen-bond acceptors (Lipinski definition) is 2. The Balaban J connectivity index is 1.36. The minimum atomic E-state index is 0.0327. The highest BCUT2D eigenvalue weighted by molar-refractivity contribution is 6.14. The second kappa shape index (κ2) is 8.28. The van der Waals surface area contributed by atoms with Crippen molar-refractivity contribution < 1.29 is 0 Å². The molecule has 0 aromatic heterocycles. The zero-order valence-electron chi connectivity index (χ0n) is 20.1. The molecule has 172 valence electrons. The minimum Gasteiger partial charge on any atom is -0.359 e. The lowest BCUT2D eigenvalue weighted by molar-refractivity contribution is 0.828.